The summed E-state index contributed by atoms with van der Waals surface area (Å²) in [5.74, 6) is 1.17. The number of nitrogens with two attached hydrogens (primary N) is 2. The first-order chi connectivity index (χ1) is 17.5. The minimum Gasteiger partial charge on any atom is -0.494 e. The minimum atomic E-state index is -0.546. The SMILES string of the molecule is CN.COc1cc(CN)ccc1-n1nc(N2CC3(CCN(CCO)CC3)OC2=O)c2c1C=C(Cl)NC2. The van der Waals surface area contributed by atoms with Gasteiger partial charge in [0, 0.05) is 51.1 Å². The number of hydrogen-bond acceptors (Lipinski definition) is 9. The molecule has 3 aliphatic rings. The van der Waals surface area contributed by atoms with Crippen molar-refractivity contribution in [3.63, 3.8) is 0 Å². The smallest absolute Gasteiger partial charge is 0.416 e. The van der Waals surface area contributed by atoms with Crippen molar-refractivity contribution < 1.29 is 19.4 Å². The van der Waals surface area contributed by atoms with Gasteiger partial charge in [-0.1, -0.05) is 17.7 Å². The van der Waals surface area contributed by atoms with Crippen LogP contribution in [-0.2, 0) is 17.8 Å². The summed E-state index contributed by atoms with van der Waals surface area (Å²) in [4.78, 5) is 16.9. The molecule has 3 aliphatic heterocycles. The summed E-state index contributed by atoms with van der Waals surface area (Å²) < 4.78 is 13.3. The number of rotatable bonds is 6. The van der Waals surface area contributed by atoms with Crippen LogP contribution < -0.4 is 26.4 Å². The highest BCUT2D eigenvalue weighted by atomic mass is 35.5. The summed E-state index contributed by atoms with van der Waals surface area (Å²) in [5.41, 5.74) is 13.1. The van der Waals surface area contributed by atoms with E-state index in [2.05, 4.69) is 16.0 Å². The van der Waals surface area contributed by atoms with Gasteiger partial charge in [0.2, 0.25) is 0 Å². The molecule has 2 saturated heterocycles. The summed E-state index contributed by atoms with van der Waals surface area (Å²) in [6.45, 7) is 3.58. The molecule has 6 N–H and O–H groups in total. The monoisotopic (exact) mass is 519 g/mol. The lowest BCUT2D eigenvalue weighted by Crippen LogP contribution is -2.47. The Hall–Kier alpha value is -2.83. The zero-order valence-electron chi connectivity index (χ0n) is 20.7. The number of nitrogens with one attached hydrogen (secondary N) is 1. The fourth-order valence-electron chi connectivity index (χ4n) is 4.91. The molecule has 0 bridgehead atoms. The zero-order chi connectivity index (χ0) is 25.9. The standard InChI is InChI=1S/C23H29ClN6O4.CH5N/c1-33-19-10-15(12-25)2-3-17(19)30-18-11-20(24)26-13-16(18)21(27-30)29-14-23(34-22(29)32)4-6-28(7-5-23)8-9-31;1-2/h2-3,10-11,26,31H,4-9,12-14,25H2,1H3;2H2,1H3. The molecule has 1 aromatic carbocycles. The van der Waals surface area contributed by atoms with Crippen LogP contribution in [0.25, 0.3) is 11.8 Å². The third-order valence-electron chi connectivity index (χ3n) is 6.82. The van der Waals surface area contributed by atoms with Crippen LogP contribution in [0.3, 0.4) is 0 Å². The van der Waals surface area contributed by atoms with Crippen LogP contribution in [0, 0.1) is 0 Å². The van der Waals surface area contributed by atoms with Gasteiger partial charge in [-0.2, -0.15) is 0 Å². The Labute approximate surface area is 215 Å². The van der Waals surface area contributed by atoms with E-state index in [4.69, 9.17) is 31.9 Å². The number of methoxy groups -OCH3 is 1. The number of β-amino-alcohol motifs (C(OH)–C–C–N with tert-alkyl or cyclic N) is 1. The normalized spacial score (nSPS) is 18.7. The van der Waals surface area contributed by atoms with Gasteiger partial charge in [0.15, 0.2) is 5.82 Å². The second-order valence-corrected chi connectivity index (χ2v) is 9.26. The number of benzene rings is 1. The lowest BCUT2D eigenvalue weighted by Gasteiger charge is -2.37. The third kappa shape index (κ3) is 4.89. The van der Waals surface area contributed by atoms with Gasteiger partial charge in [0.1, 0.15) is 22.2 Å². The third-order valence-corrected chi connectivity index (χ3v) is 7.06. The molecular weight excluding hydrogens is 486 g/mol. The number of ether oxygens (including phenoxy) is 2. The number of fused-ring (bicyclic) bond motifs is 1. The summed E-state index contributed by atoms with van der Waals surface area (Å²) in [6, 6.07) is 5.72. The zero-order valence-corrected chi connectivity index (χ0v) is 21.4. The molecule has 196 valence electrons. The topological polar surface area (TPSA) is 144 Å². The van der Waals surface area contributed by atoms with E-state index in [0.717, 1.165) is 48.4 Å². The van der Waals surface area contributed by atoms with Crippen LogP contribution >= 0.6 is 11.6 Å². The first-order valence-corrected chi connectivity index (χ1v) is 12.4. The number of piperidine rings is 1. The molecule has 36 heavy (non-hydrogen) atoms. The lowest BCUT2D eigenvalue weighted by atomic mass is 9.91. The first kappa shape index (κ1) is 26.2. The van der Waals surface area contributed by atoms with Crippen molar-refractivity contribution in [3.05, 3.63) is 40.2 Å². The number of aromatic nitrogens is 2. The van der Waals surface area contributed by atoms with Crippen molar-refractivity contribution in [2.45, 2.75) is 31.5 Å². The maximum atomic E-state index is 13.1. The van der Waals surface area contributed by atoms with E-state index in [1.165, 1.54) is 7.05 Å². The van der Waals surface area contributed by atoms with Gasteiger partial charge in [-0.05, 0) is 30.8 Å². The van der Waals surface area contributed by atoms with Gasteiger partial charge in [-0.15, -0.1) is 5.10 Å². The predicted octanol–water partition coefficient (Wildman–Crippen LogP) is 1.34. The Morgan fingerprint density at radius 1 is 1.31 bits per heavy atom. The van der Waals surface area contributed by atoms with Crippen molar-refractivity contribution >= 4 is 29.6 Å². The van der Waals surface area contributed by atoms with Crippen molar-refractivity contribution in [3.8, 4) is 11.4 Å². The molecule has 1 amide bonds. The number of carbonyl (C=O) groups excluding carboxylic acids is 1. The Morgan fingerprint density at radius 3 is 2.72 bits per heavy atom. The maximum absolute atomic E-state index is 13.1. The molecular formula is C24H34ClN7O4. The van der Waals surface area contributed by atoms with Gasteiger partial charge < -0.3 is 36.3 Å². The summed E-state index contributed by atoms with van der Waals surface area (Å²) in [6.07, 6.45) is 2.85. The molecule has 4 heterocycles. The van der Waals surface area contributed by atoms with E-state index >= 15 is 0 Å². The van der Waals surface area contributed by atoms with Gasteiger partial charge in [0.25, 0.3) is 0 Å². The number of nitrogens with zero attached hydrogens (tertiary/aromatic N) is 4. The van der Waals surface area contributed by atoms with Gasteiger partial charge in [-0.25, -0.2) is 9.48 Å². The number of amides is 1. The van der Waals surface area contributed by atoms with Crippen LogP contribution in [0.2, 0.25) is 0 Å². The lowest BCUT2D eigenvalue weighted by molar-refractivity contribution is -0.00217. The van der Waals surface area contributed by atoms with Crippen LogP contribution in [0.15, 0.2) is 23.4 Å². The highest BCUT2D eigenvalue weighted by Gasteiger charge is 2.49. The molecule has 0 radical (unpaired) electrons. The van der Waals surface area contributed by atoms with Crippen LogP contribution in [0.4, 0.5) is 10.6 Å². The van der Waals surface area contributed by atoms with E-state index < -0.39 is 11.7 Å². The Kier molecular flexibility index (Phi) is 8.06. The Bertz CT molecular complexity index is 1130. The molecule has 1 aromatic heterocycles. The number of hydrogen-bond donors (Lipinski definition) is 4. The average molecular weight is 520 g/mol. The Morgan fingerprint density at radius 2 is 2.06 bits per heavy atom. The molecule has 0 atom stereocenters. The summed E-state index contributed by atoms with van der Waals surface area (Å²) in [7, 11) is 3.10. The number of anilines is 1. The molecule has 0 unspecified atom stereocenters. The number of aliphatic hydroxyl groups excluding tert-OH is 1. The number of carbonyl (C=O) groups is 1. The number of halogens is 1. The minimum absolute atomic E-state index is 0.126. The van der Waals surface area contributed by atoms with Gasteiger partial charge in [0.05, 0.1) is 26.0 Å². The predicted molar refractivity (Wildman–Crippen MR) is 138 cm³/mol. The first-order valence-electron chi connectivity index (χ1n) is 12.0. The second kappa shape index (κ2) is 11.1. The van der Waals surface area contributed by atoms with Crippen molar-refractivity contribution in [2.75, 3.05) is 51.8 Å². The van der Waals surface area contributed by atoms with Crippen LogP contribution in [0.5, 0.6) is 5.75 Å². The highest BCUT2D eigenvalue weighted by Crippen LogP contribution is 2.39. The Balaban J connectivity index is 0.00000148. The fourth-order valence-corrected chi connectivity index (χ4v) is 5.08. The quantitative estimate of drug-likeness (QED) is 0.415. The summed E-state index contributed by atoms with van der Waals surface area (Å²) in [5, 5.41) is 17.7. The molecule has 2 aromatic rings. The number of aliphatic hydroxyl groups is 1. The van der Waals surface area contributed by atoms with E-state index in [9.17, 15) is 9.90 Å². The van der Waals surface area contributed by atoms with Crippen LogP contribution in [-0.4, -0.2) is 78.4 Å². The molecule has 0 aliphatic carbocycles. The molecule has 11 nitrogen and oxygen atoms in total. The summed E-state index contributed by atoms with van der Waals surface area (Å²) >= 11 is 6.31. The molecule has 12 heteroatoms. The van der Waals surface area contributed by atoms with E-state index in [1.807, 2.05) is 18.2 Å². The van der Waals surface area contributed by atoms with Crippen molar-refractivity contribution in [1.82, 2.24) is 20.0 Å². The average Bonchev–Trinajstić information content (AvgIpc) is 3.43. The van der Waals surface area contributed by atoms with Gasteiger partial charge in [-0.3, -0.25) is 4.90 Å². The molecule has 0 saturated carbocycles. The second-order valence-electron chi connectivity index (χ2n) is 8.86. The molecule has 2 fully saturated rings. The van der Waals surface area contributed by atoms with Gasteiger partial charge >= 0.3 is 6.09 Å². The van der Waals surface area contributed by atoms with Crippen LogP contribution in [0.1, 0.15) is 29.7 Å². The van der Waals surface area contributed by atoms with E-state index in [1.54, 1.807) is 22.8 Å². The fraction of sp³-hybridized carbons (Fsp3) is 0.500. The van der Waals surface area contributed by atoms with Crippen molar-refractivity contribution in [2.24, 2.45) is 11.5 Å². The molecule has 1 spiro atoms. The van der Waals surface area contributed by atoms with Crippen molar-refractivity contribution in [1.29, 1.82) is 0 Å². The largest absolute Gasteiger partial charge is 0.494 e. The van der Waals surface area contributed by atoms with E-state index in [0.29, 0.717) is 42.9 Å². The van der Waals surface area contributed by atoms with E-state index in [-0.39, 0.29) is 6.61 Å². The highest BCUT2D eigenvalue weighted by molar-refractivity contribution is 6.31. The number of likely N-dealkylation sites (tertiary alicyclic amines) is 1. The maximum Gasteiger partial charge on any atom is 0.416 e. The molecule has 5 rings (SSSR count).